The van der Waals surface area contributed by atoms with E-state index in [1.165, 1.54) is 0 Å². The van der Waals surface area contributed by atoms with Crippen LogP contribution < -0.4 is 14.8 Å². The molecular weight excluding hydrogens is 266 g/mol. The lowest BCUT2D eigenvalue weighted by Gasteiger charge is -2.38. The van der Waals surface area contributed by atoms with Gasteiger partial charge in [-0.2, -0.15) is 0 Å². The lowest BCUT2D eigenvalue weighted by Crippen LogP contribution is -2.44. The molecule has 1 atom stereocenters. The fourth-order valence-electron chi connectivity index (χ4n) is 2.46. The molecule has 4 heteroatoms. The summed E-state index contributed by atoms with van der Waals surface area (Å²) < 4.78 is 11.3. The van der Waals surface area contributed by atoms with Crippen molar-refractivity contribution < 1.29 is 14.3 Å². The van der Waals surface area contributed by atoms with Crippen LogP contribution in [0.3, 0.4) is 0 Å². The summed E-state index contributed by atoms with van der Waals surface area (Å²) in [5.41, 5.74) is 0.255. The predicted molar refractivity (Wildman–Crippen MR) is 82.7 cm³/mol. The normalized spacial score (nSPS) is 20.2. The van der Waals surface area contributed by atoms with E-state index in [-0.39, 0.29) is 17.6 Å². The maximum atomic E-state index is 12.3. The first kappa shape index (κ1) is 15.7. The Labute approximate surface area is 126 Å². The van der Waals surface area contributed by atoms with Crippen molar-refractivity contribution in [2.75, 3.05) is 7.11 Å². The zero-order valence-corrected chi connectivity index (χ0v) is 13.7. The van der Waals surface area contributed by atoms with Crippen molar-refractivity contribution >= 4 is 5.91 Å². The van der Waals surface area contributed by atoms with E-state index in [2.05, 4.69) is 5.32 Å². The maximum Gasteiger partial charge on any atom is 0.225 e. The van der Waals surface area contributed by atoms with Crippen LogP contribution in [-0.4, -0.2) is 18.6 Å². The molecule has 1 aliphatic rings. The van der Waals surface area contributed by atoms with Crippen LogP contribution >= 0.6 is 0 Å². The van der Waals surface area contributed by atoms with Gasteiger partial charge < -0.3 is 14.8 Å². The van der Waals surface area contributed by atoms with Gasteiger partial charge in [0, 0.05) is 17.4 Å². The Kier molecular flexibility index (Phi) is 3.91. The number of carbonyl (C=O) groups excluding carboxylic acids is 1. The molecule has 2 rings (SSSR count). The third-order valence-corrected chi connectivity index (χ3v) is 3.66. The van der Waals surface area contributed by atoms with Crippen LogP contribution in [0.15, 0.2) is 18.2 Å². The summed E-state index contributed by atoms with van der Waals surface area (Å²) in [7, 11) is 1.64. The topological polar surface area (TPSA) is 47.6 Å². The summed E-state index contributed by atoms with van der Waals surface area (Å²) in [5.74, 6) is 1.62. The largest absolute Gasteiger partial charge is 0.497 e. The summed E-state index contributed by atoms with van der Waals surface area (Å²) in [6.45, 7) is 9.82. The molecule has 0 unspecified atom stereocenters. The molecule has 1 N–H and O–H groups in total. The minimum Gasteiger partial charge on any atom is -0.497 e. The van der Waals surface area contributed by atoms with E-state index in [4.69, 9.17) is 9.47 Å². The quantitative estimate of drug-likeness (QED) is 0.907. The van der Waals surface area contributed by atoms with Crippen LogP contribution in [0.2, 0.25) is 0 Å². The number of hydrogen-bond acceptors (Lipinski definition) is 3. The SMILES string of the molecule is COc1ccc2c(c1)[C@@H](NC(=O)C(C)(C)C)CC(C)(C)O2. The van der Waals surface area contributed by atoms with E-state index in [1.54, 1.807) is 7.11 Å². The molecule has 0 saturated heterocycles. The molecular formula is C17H25NO3. The van der Waals surface area contributed by atoms with Crippen molar-refractivity contribution in [3.8, 4) is 11.5 Å². The van der Waals surface area contributed by atoms with Gasteiger partial charge in [0.25, 0.3) is 0 Å². The molecule has 0 bridgehead atoms. The minimum absolute atomic E-state index is 0.0407. The average molecular weight is 291 g/mol. The summed E-state index contributed by atoms with van der Waals surface area (Å²) in [6.07, 6.45) is 0.731. The first-order valence-electron chi connectivity index (χ1n) is 7.30. The van der Waals surface area contributed by atoms with Crippen LogP contribution in [0.25, 0.3) is 0 Å². The minimum atomic E-state index is -0.415. The highest BCUT2D eigenvalue weighted by Crippen LogP contribution is 2.41. The van der Waals surface area contributed by atoms with E-state index in [0.29, 0.717) is 0 Å². The number of carbonyl (C=O) groups is 1. The molecule has 0 saturated carbocycles. The third kappa shape index (κ3) is 3.49. The fraction of sp³-hybridized carbons (Fsp3) is 0.588. The van der Waals surface area contributed by atoms with Gasteiger partial charge in [-0.25, -0.2) is 0 Å². The van der Waals surface area contributed by atoms with E-state index < -0.39 is 5.41 Å². The van der Waals surface area contributed by atoms with Gasteiger partial charge in [0.2, 0.25) is 5.91 Å². The van der Waals surface area contributed by atoms with E-state index in [1.807, 2.05) is 52.8 Å². The van der Waals surface area contributed by atoms with Crippen molar-refractivity contribution in [3.63, 3.8) is 0 Å². The second kappa shape index (κ2) is 5.24. The van der Waals surface area contributed by atoms with Gasteiger partial charge in [-0.3, -0.25) is 4.79 Å². The Morgan fingerprint density at radius 2 is 2.05 bits per heavy atom. The number of fused-ring (bicyclic) bond motifs is 1. The number of amides is 1. The number of ether oxygens (including phenoxy) is 2. The molecule has 1 aromatic carbocycles. The predicted octanol–water partition coefficient (Wildman–Crippen LogP) is 3.46. The monoisotopic (exact) mass is 291 g/mol. The van der Waals surface area contributed by atoms with Gasteiger partial charge >= 0.3 is 0 Å². The molecule has 0 spiro atoms. The number of nitrogens with one attached hydrogen (secondary N) is 1. The highest BCUT2D eigenvalue weighted by atomic mass is 16.5. The van der Waals surface area contributed by atoms with Gasteiger partial charge in [0.15, 0.2) is 0 Å². The van der Waals surface area contributed by atoms with Gasteiger partial charge in [-0.15, -0.1) is 0 Å². The van der Waals surface area contributed by atoms with Gasteiger partial charge in [0.1, 0.15) is 17.1 Å². The number of methoxy groups -OCH3 is 1. The first-order valence-corrected chi connectivity index (χ1v) is 7.30. The zero-order chi connectivity index (χ0) is 15.8. The molecule has 0 radical (unpaired) electrons. The number of rotatable bonds is 2. The molecule has 4 nitrogen and oxygen atoms in total. The highest BCUT2D eigenvalue weighted by molar-refractivity contribution is 5.82. The summed E-state index contributed by atoms with van der Waals surface area (Å²) >= 11 is 0. The van der Waals surface area contributed by atoms with Crippen molar-refractivity contribution in [2.24, 2.45) is 5.41 Å². The first-order chi connectivity index (χ1) is 9.62. The van der Waals surface area contributed by atoms with E-state index >= 15 is 0 Å². The van der Waals surface area contributed by atoms with Crippen LogP contribution in [0.5, 0.6) is 11.5 Å². The summed E-state index contributed by atoms with van der Waals surface area (Å²) in [4.78, 5) is 12.3. The molecule has 1 aliphatic heterocycles. The Morgan fingerprint density at radius 3 is 2.62 bits per heavy atom. The third-order valence-electron chi connectivity index (χ3n) is 3.66. The summed E-state index contributed by atoms with van der Waals surface area (Å²) in [5, 5.41) is 3.15. The number of hydrogen-bond donors (Lipinski definition) is 1. The average Bonchev–Trinajstić information content (AvgIpc) is 2.36. The number of benzene rings is 1. The van der Waals surface area contributed by atoms with Crippen molar-refractivity contribution in [3.05, 3.63) is 23.8 Å². The van der Waals surface area contributed by atoms with Gasteiger partial charge in [-0.1, -0.05) is 20.8 Å². The van der Waals surface area contributed by atoms with Crippen LogP contribution in [0, 0.1) is 5.41 Å². The molecule has 0 fully saturated rings. The fourth-order valence-corrected chi connectivity index (χ4v) is 2.46. The molecule has 0 aliphatic carbocycles. The van der Waals surface area contributed by atoms with Crippen LogP contribution in [-0.2, 0) is 4.79 Å². The standard InChI is InChI=1S/C17H25NO3/c1-16(2,3)15(19)18-13-10-17(4,5)21-14-8-7-11(20-6)9-12(13)14/h7-9,13H,10H2,1-6H3,(H,18,19)/t13-/m0/s1. The Hall–Kier alpha value is -1.71. The van der Waals surface area contributed by atoms with E-state index in [0.717, 1.165) is 23.5 Å². The Morgan fingerprint density at radius 1 is 1.38 bits per heavy atom. The van der Waals surface area contributed by atoms with E-state index in [9.17, 15) is 4.79 Å². The van der Waals surface area contributed by atoms with Crippen molar-refractivity contribution in [2.45, 2.75) is 52.7 Å². The summed E-state index contributed by atoms with van der Waals surface area (Å²) in [6, 6.07) is 5.66. The molecule has 1 aromatic rings. The van der Waals surface area contributed by atoms with Crippen LogP contribution in [0.1, 0.15) is 52.6 Å². The Bertz CT molecular complexity index is 543. The lowest BCUT2D eigenvalue weighted by atomic mass is 9.88. The van der Waals surface area contributed by atoms with Crippen molar-refractivity contribution in [1.82, 2.24) is 5.32 Å². The van der Waals surface area contributed by atoms with Gasteiger partial charge in [-0.05, 0) is 32.0 Å². The van der Waals surface area contributed by atoms with Crippen molar-refractivity contribution in [1.29, 1.82) is 0 Å². The molecule has 1 amide bonds. The molecule has 21 heavy (non-hydrogen) atoms. The smallest absolute Gasteiger partial charge is 0.225 e. The molecule has 116 valence electrons. The zero-order valence-electron chi connectivity index (χ0n) is 13.7. The molecule has 1 heterocycles. The second-order valence-corrected chi connectivity index (χ2v) is 7.25. The Balaban J connectivity index is 2.35. The highest BCUT2D eigenvalue weighted by Gasteiger charge is 2.36. The van der Waals surface area contributed by atoms with Crippen LogP contribution in [0.4, 0.5) is 0 Å². The maximum absolute atomic E-state index is 12.3. The van der Waals surface area contributed by atoms with Gasteiger partial charge in [0.05, 0.1) is 13.2 Å². The molecule has 0 aromatic heterocycles. The second-order valence-electron chi connectivity index (χ2n) is 7.25. The lowest BCUT2D eigenvalue weighted by molar-refractivity contribution is -0.129.